The van der Waals surface area contributed by atoms with Crippen molar-refractivity contribution in [1.29, 1.82) is 0 Å². The van der Waals surface area contributed by atoms with Crippen LogP contribution in [-0.2, 0) is 43.4 Å². The van der Waals surface area contributed by atoms with Crippen LogP contribution in [0.2, 0.25) is 0 Å². The number of carbonyl (C=O) groups is 2. The molecule has 0 saturated carbocycles. The standard InChI is InChI=1S/C22H29NO8S2.C15H23NO6S/c1-15-6-10-18(11-7-15)33(28,29)30-14-19(23-21(25)31-22(2,3)4)20(24)16-8-12-17(13-9-16)32(5,26)27;1-15(2,3)22-14(19)16-12(9-17)13(18)10-5-7-11(8-6-10)23(4,20)21/h6-13,19-20,24H,14H2,1-5H3,(H,23,25);5-8,12-13,17-18H,9H2,1-4H3,(H,16,19)/t19-,20-;12-,13-/m11/s1. The maximum atomic E-state index is 12.6. The van der Waals surface area contributed by atoms with Gasteiger partial charge in [0.2, 0.25) is 0 Å². The zero-order chi connectivity index (χ0) is 42.9. The molecule has 4 atom stereocenters. The number of sulfone groups is 2. The summed E-state index contributed by atoms with van der Waals surface area (Å²) in [6, 6.07) is 14.8. The quantitative estimate of drug-likeness (QED) is 0.154. The van der Waals surface area contributed by atoms with Gasteiger partial charge in [-0.2, -0.15) is 8.42 Å². The third-order valence-electron chi connectivity index (χ3n) is 7.38. The van der Waals surface area contributed by atoms with E-state index in [-0.39, 0.29) is 20.2 Å². The van der Waals surface area contributed by atoms with Crippen molar-refractivity contribution >= 4 is 42.0 Å². The first-order valence-corrected chi connectivity index (χ1v) is 22.2. The zero-order valence-electron chi connectivity index (χ0n) is 32.7. The molecule has 0 saturated heterocycles. The minimum absolute atomic E-state index is 0.0494. The summed E-state index contributed by atoms with van der Waals surface area (Å²) in [5, 5.41) is 35.3. The van der Waals surface area contributed by atoms with Crippen molar-refractivity contribution in [3.63, 3.8) is 0 Å². The summed E-state index contributed by atoms with van der Waals surface area (Å²) in [4.78, 5) is 24.1. The molecule has 0 unspecified atom stereocenters. The minimum atomic E-state index is -4.17. The Kier molecular flexibility index (Phi) is 16.6. The Hall–Kier alpha value is -4.11. The second kappa shape index (κ2) is 19.4. The number of carbonyl (C=O) groups excluding carboxylic acids is 2. The molecule has 19 heteroatoms. The van der Waals surface area contributed by atoms with Crippen LogP contribution in [0.5, 0.6) is 0 Å². The molecule has 312 valence electrons. The van der Waals surface area contributed by atoms with Crippen molar-refractivity contribution in [2.75, 3.05) is 25.7 Å². The molecule has 0 fully saturated rings. The first-order chi connectivity index (χ1) is 25.5. The number of aliphatic hydroxyl groups is 3. The molecule has 0 aromatic heterocycles. The molecule has 2 amide bonds. The molecule has 0 heterocycles. The number of alkyl carbamates (subject to hydrolysis) is 2. The van der Waals surface area contributed by atoms with Crippen molar-refractivity contribution in [2.45, 2.75) is 98.6 Å². The number of amides is 2. The summed E-state index contributed by atoms with van der Waals surface area (Å²) in [6.45, 7) is 10.8. The van der Waals surface area contributed by atoms with Gasteiger partial charge in [0.15, 0.2) is 19.7 Å². The van der Waals surface area contributed by atoms with Crippen LogP contribution in [0.15, 0.2) is 87.5 Å². The number of aryl methyl sites for hydroxylation is 1. The van der Waals surface area contributed by atoms with Gasteiger partial charge in [0.25, 0.3) is 10.1 Å². The number of ether oxygens (including phenoxy) is 2. The van der Waals surface area contributed by atoms with Crippen LogP contribution in [0.4, 0.5) is 9.59 Å². The van der Waals surface area contributed by atoms with Crippen LogP contribution in [-0.4, -0.2) is 102 Å². The van der Waals surface area contributed by atoms with E-state index in [2.05, 4.69) is 10.6 Å². The van der Waals surface area contributed by atoms with Gasteiger partial charge in [0.1, 0.15) is 23.4 Å². The molecule has 3 aromatic carbocycles. The SMILES string of the molecule is CC(C)(C)OC(=O)N[C@H](CO)[C@H](O)c1ccc(S(C)(=O)=O)cc1.Cc1ccc(S(=O)(=O)OC[C@@H](NC(=O)OC(C)(C)C)[C@H](O)c2ccc(S(C)(=O)=O)cc2)cc1. The summed E-state index contributed by atoms with van der Waals surface area (Å²) in [5.74, 6) is 0. The van der Waals surface area contributed by atoms with E-state index in [4.69, 9.17) is 13.7 Å². The van der Waals surface area contributed by atoms with E-state index >= 15 is 0 Å². The van der Waals surface area contributed by atoms with Gasteiger partial charge >= 0.3 is 12.2 Å². The predicted octanol–water partition coefficient (Wildman–Crippen LogP) is 3.74. The van der Waals surface area contributed by atoms with Gasteiger partial charge in [-0.3, -0.25) is 4.18 Å². The van der Waals surface area contributed by atoms with Crippen LogP contribution < -0.4 is 10.6 Å². The fourth-order valence-corrected chi connectivity index (χ4v) is 6.77. The van der Waals surface area contributed by atoms with Gasteiger partial charge in [-0.05, 0) is 96.0 Å². The van der Waals surface area contributed by atoms with Gasteiger partial charge < -0.3 is 35.4 Å². The zero-order valence-corrected chi connectivity index (χ0v) is 35.2. The van der Waals surface area contributed by atoms with Crippen LogP contribution in [0.3, 0.4) is 0 Å². The Labute approximate surface area is 329 Å². The molecule has 0 bridgehead atoms. The maximum absolute atomic E-state index is 12.6. The highest BCUT2D eigenvalue weighted by atomic mass is 32.2. The lowest BCUT2D eigenvalue weighted by molar-refractivity contribution is 0.0348. The fourth-order valence-electron chi connectivity index (χ4n) is 4.58. The molecule has 0 aliphatic carbocycles. The highest BCUT2D eigenvalue weighted by molar-refractivity contribution is 7.91. The van der Waals surface area contributed by atoms with Crippen LogP contribution in [0.25, 0.3) is 0 Å². The molecule has 0 aliphatic heterocycles. The van der Waals surface area contributed by atoms with Crippen LogP contribution in [0.1, 0.15) is 70.4 Å². The highest BCUT2D eigenvalue weighted by Gasteiger charge is 2.29. The summed E-state index contributed by atoms with van der Waals surface area (Å²) >= 11 is 0. The smallest absolute Gasteiger partial charge is 0.408 e. The van der Waals surface area contributed by atoms with Gasteiger partial charge in [-0.15, -0.1) is 0 Å². The van der Waals surface area contributed by atoms with Gasteiger partial charge in [-0.1, -0.05) is 42.0 Å². The van der Waals surface area contributed by atoms with Crippen molar-refractivity contribution in [3.05, 3.63) is 89.5 Å². The summed E-state index contributed by atoms with van der Waals surface area (Å²) < 4.78 is 86.7. The van der Waals surface area contributed by atoms with E-state index in [1.165, 1.54) is 60.7 Å². The number of aliphatic hydroxyl groups excluding tert-OH is 3. The second-order valence-corrected chi connectivity index (χ2v) is 20.5. The average molecular weight is 845 g/mol. The predicted molar refractivity (Wildman–Crippen MR) is 207 cm³/mol. The second-order valence-electron chi connectivity index (χ2n) is 14.8. The van der Waals surface area contributed by atoms with Gasteiger partial charge in [0, 0.05) is 12.5 Å². The van der Waals surface area contributed by atoms with E-state index in [0.29, 0.717) is 5.56 Å². The Morgan fingerprint density at radius 2 is 0.946 bits per heavy atom. The van der Waals surface area contributed by atoms with Crippen LogP contribution in [0, 0.1) is 6.92 Å². The molecule has 16 nitrogen and oxygen atoms in total. The molecule has 0 spiro atoms. The van der Waals surface area contributed by atoms with Gasteiger partial charge in [-0.25, -0.2) is 26.4 Å². The summed E-state index contributed by atoms with van der Waals surface area (Å²) in [5.41, 5.74) is -0.0451. The third kappa shape index (κ3) is 16.2. The lowest BCUT2D eigenvalue weighted by Gasteiger charge is -2.26. The van der Waals surface area contributed by atoms with Crippen molar-refractivity contribution in [1.82, 2.24) is 10.6 Å². The third-order valence-corrected chi connectivity index (χ3v) is 10.9. The lowest BCUT2D eigenvalue weighted by Crippen LogP contribution is -2.45. The average Bonchev–Trinajstić information content (AvgIpc) is 3.06. The largest absolute Gasteiger partial charge is 0.444 e. The number of benzene rings is 3. The molecule has 3 aromatic rings. The Morgan fingerprint density at radius 3 is 1.29 bits per heavy atom. The van der Waals surface area contributed by atoms with E-state index in [1.807, 2.05) is 6.92 Å². The minimum Gasteiger partial charge on any atom is -0.444 e. The normalized spacial score (nSPS) is 14.6. The van der Waals surface area contributed by atoms with Crippen molar-refractivity contribution in [2.24, 2.45) is 0 Å². The van der Waals surface area contributed by atoms with E-state index in [0.717, 1.165) is 18.1 Å². The molecule has 0 radical (unpaired) electrons. The summed E-state index contributed by atoms with van der Waals surface area (Å²) in [7, 11) is -10.9. The maximum Gasteiger partial charge on any atom is 0.408 e. The van der Waals surface area contributed by atoms with E-state index in [1.54, 1.807) is 53.7 Å². The molecular weight excluding hydrogens is 793 g/mol. The molecule has 3 rings (SSSR count). The molecular formula is C37H52N2O14S3. The van der Waals surface area contributed by atoms with Gasteiger partial charge in [0.05, 0.1) is 40.0 Å². The van der Waals surface area contributed by atoms with E-state index in [9.17, 15) is 50.2 Å². The molecule has 5 N–H and O–H groups in total. The topological polar surface area (TPSA) is 249 Å². The Bertz CT molecular complexity index is 2090. The van der Waals surface area contributed by atoms with E-state index < -0.39 is 90.7 Å². The molecule has 0 aliphatic rings. The first kappa shape index (κ1) is 48.0. The lowest BCUT2D eigenvalue weighted by atomic mass is 10.0. The first-order valence-electron chi connectivity index (χ1n) is 17.0. The fraction of sp³-hybridized carbons (Fsp3) is 0.459. The van der Waals surface area contributed by atoms with Crippen molar-refractivity contribution in [3.8, 4) is 0 Å². The molecule has 56 heavy (non-hydrogen) atoms. The summed E-state index contributed by atoms with van der Waals surface area (Å²) in [6.07, 6.45) is -2.13. The monoisotopic (exact) mass is 844 g/mol. The number of rotatable bonds is 13. The number of hydrogen-bond donors (Lipinski definition) is 5. The number of hydrogen-bond acceptors (Lipinski definition) is 14. The Balaban J connectivity index is 0.000000413. The number of nitrogens with one attached hydrogen (secondary N) is 2. The highest BCUT2D eigenvalue weighted by Crippen LogP contribution is 2.23. The van der Waals surface area contributed by atoms with Crippen LogP contribution >= 0.6 is 0 Å². The van der Waals surface area contributed by atoms with Crippen molar-refractivity contribution < 1.29 is 63.8 Å². The Morgan fingerprint density at radius 1 is 0.607 bits per heavy atom.